The van der Waals surface area contributed by atoms with Crippen LogP contribution in [0.3, 0.4) is 0 Å². The SMILES string of the molecule is Cc1cccc(C(=O)NCC(O)CC(C)(C)C)c1. The van der Waals surface area contributed by atoms with Gasteiger partial charge in [-0.2, -0.15) is 0 Å². The minimum Gasteiger partial charge on any atom is -0.391 e. The van der Waals surface area contributed by atoms with Crippen LogP contribution in [0.25, 0.3) is 0 Å². The minimum atomic E-state index is -0.501. The van der Waals surface area contributed by atoms with Crippen molar-refractivity contribution < 1.29 is 9.90 Å². The number of aryl methyl sites for hydroxylation is 1. The van der Waals surface area contributed by atoms with Gasteiger partial charge in [-0.3, -0.25) is 4.79 Å². The zero-order chi connectivity index (χ0) is 13.8. The van der Waals surface area contributed by atoms with Gasteiger partial charge < -0.3 is 10.4 Å². The van der Waals surface area contributed by atoms with Gasteiger partial charge in [0.15, 0.2) is 0 Å². The van der Waals surface area contributed by atoms with Gasteiger partial charge in [-0.05, 0) is 30.9 Å². The molecule has 1 amide bonds. The van der Waals surface area contributed by atoms with Crippen molar-refractivity contribution >= 4 is 5.91 Å². The fourth-order valence-corrected chi connectivity index (χ4v) is 1.88. The molecule has 0 aliphatic heterocycles. The maximum absolute atomic E-state index is 11.8. The predicted octanol–water partition coefficient (Wildman–Crippen LogP) is 2.52. The van der Waals surface area contributed by atoms with Crippen molar-refractivity contribution in [3.05, 3.63) is 35.4 Å². The van der Waals surface area contributed by atoms with E-state index in [1.165, 1.54) is 0 Å². The Labute approximate surface area is 109 Å². The molecule has 1 aromatic rings. The molecule has 0 saturated carbocycles. The van der Waals surface area contributed by atoms with Gasteiger partial charge in [-0.25, -0.2) is 0 Å². The highest BCUT2D eigenvalue weighted by molar-refractivity contribution is 5.94. The number of aliphatic hydroxyl groups is 1. The number of aliphatic hydroxyl groups excluding tert-OH is 1. The number of carbonyl (C=O) groups excluding carboxylic acids is 1. The molecule has 1 aromatic carbocycles. The summed E-state index contributed by atoms with van der Waals surface area (Å²) in [5, 5.41) is 12.6. The van der Waals surface area contributed by atoms with Crippen molar-refractivity contribution in [1.29, 1.82) is 0 Å². The number of hydrogen-bond donors (Lipinski definition) is 2. The molecule has 3 nitrogen and oxygen atoms in total. The second-order valence-electron chi connectivity index (χ2n) is 6.00. The van der Waals surface area contributed by atoms with Crippen molar-refractivity contribution in [3.63, 3.8) is 0 Å². The molecule has 18 heavy (non-hydrogen) atoms. The van der Waals surface area contributed by atoms with Gasteiger partial charge in [0.2, 0.25) is 0 Å². The summed E-state index contributed by atoms with van der Waals surface area (Å²) in [5.74, 6) is -0.133. The first-order valence-corrected chi connectivity index (χ1v) is 6.31. The average Bonchev–Trinajstić information content (AvgIpc) is 2.23. The smallest absolute Gasteiger partial charge is 0.251 e. The van der Waals surface area contributed by atoms with E-state index in [0.29, 0.717) is 18.5 Å². The van der Waals surface area contributed by atoms with Gasteiger partial charge in [0, 0.05) is 12.1 Å². The summed E-state index contributed by atoms with van der Waals surface area (Å²) in [4.78, 5) is 11.8. The summed E-state index contributed by atoms with van der Waals surface area (Å²) in [6.45, 7) is 8.45. The van der Waals surface area contributed by atoms with E-state index in [-0.39, 0.29) is 11.3 Å². The normalized spacial score (nSPS) is 13.2. The van der Waals surface area contributed by atoms with Gasteiger partial charge >= 0.3 is 0 Å². The fourth-order valence-electron chi connectivity index (χ4n) is 1.88. The van der Waals surface area contributed by atoms with E-state index in [4.69, 9.17) is 0 Å². The largest absolute Gasteiger partial charge is 0.391 e. The highest BCUT2D eigenvalue weighted by Gasteiger charge is 2.17. The molecule has 0 aromatic heterocycles. The zero-order valence-corrected chi connectivity index (χ0v) is 11.7. The number of carbonyl (C=O) groups is 1. The average molecular weight is 249 g/mol. The Balaban J connectivity index is 2.47. The lowest BCUT2D eigenvalue weighted by Gasteiger charge is -2.22. The number of benzene rings is 1. The molecule has 0 aliphatic carbocycles. The van der Waals surface area contributed by atoms with E-state index in [1.54, 1.807) is 6.07 Å². The Morgan fingerprint density at radius 3 is 2.61 bits per heavy atom. The second kappa shape index (κ2) is 6.01. The number of rotatable bonds is 4. The summed E-state index contributed by atoms with van der Waals surface area (Å²) >= 11 is 0. The van der Waals surface area contributed by atoms with Gasteiger partial charge in [0.1, 0.15) is 0 Å². The molecule has 0 saturated heterocycles. The van der Waals surface area contributed by atoms with Crippen molar-refractivity contribution in [1.82, 2.24) is 5.32 Å². The molecule has 1 atom stereocenters. The van der Waals surface area contributed by atoms with Crippen LogP contribution in [0.5, 0.6) is 0 Å². The summed E-state index contributed by atoms with van der Waals surface area (Å²) in [5.41, 5.74) is 1.75. The Morgan fingerprint density at radius 2 is 2.06 bits per heavy atom. The third-order valence-corrected chi connectivity index (χ3v) is 2.63. The first-order valence-electron chi connectivity index (χ1n) is 6.31. The quantitative estimate of drug-likeness (QED) is 0.861. The Morgan fingerprint density at radius 1 is 1.39 bits per heavy atom. The Kier molecular flexibility index (Phi) is 4.91. The highest BCUT2D eigenvalue weighted by Crippen LogP contribution is 2.20. The van der Waals surface area contributed by atoms with Crippen LogP contribution in [-0.2, 0) is 0 Å². The third kappa shape index (κ3) is 5.32. The molecule has 3 heteroatoms. The van der Waals surface area contributed by atoms with Crippen molar-refractivity contribution in [2.45, 2.75) is 40.2 Å². The highest BCUT2D eigenvalue weighted by atomic mass is 16.3. The van der Waals surface area contributed by atoms with Gasteiger partial charge in [-0.15, -0.1) is 0 Å². The van der Waals surface area contributed by atoms with E-state index in [0.717, 1.165) is 5.56 Å². The summed E-state index contributed by atoms with van der Waals surface area (Å²) < 4.78 is 0. The minimum absolute atomic E-state index is 0.0630. The van der Waals surface area contributed by atoms with Crippen LogP contribution in [-0.4, -0.2) is 23.7 Å². The maximum Gasteiger partial charge on any atom is 0.251 e. The predicted molar refractivity (Wildman–Crippen MR) is 73.6 cm³/mol. The first-order chi connectivity index (χ1) is 8.28. The number of hydrogen-bond acceptors (Lipinski definition) is 2. The zero-order valence-electron chi connectivity index (χ0n) is 11.7. The van der Waals surface area contributed by atoms with Crippen LogP contribution in [0.2, 0.25) is 0 Å². The summed E-state index contributed by atoms with van der Waals surface area (Å²) in [7, 11) is 0. The summed E-state index contributed by atoms with van der Waals surface area (Å²) in [6, 6.07) is 7.42. The van der Waals surface area contributed by atoms with Gasteiger partial charge in [0.05, 0.1) is 6.10 Å². The lowest BCUT2D eigenvalue weighted by molar-refractivity contribution is 0.0868. The molecule has 0 aliphatic rings. The van der Waals surface area contributed by atoms with Crippen molar-refractivity contribution in [2.24, 2.45) is 5.41 Å². The van der Waals surface area contributed by atoms with Crippen LogP contribution >= 0.6 is 0 Å². The van der Waals surface area contributed by atoms with Crippen molar-refractivity contribution in [2.75, 3.05) is 6.54 Å². The van der Waals surface area contributed by atoms with E-state index < -0.39 is 6.10 Å². The lowest BCUT2D eigenvalue weighted by atomic mass is 9.89. The van der Waals surface area contributed by atoms with Crippen LogP contribution in [0.15, 0.2) is 24.3 Å². The topological polar surface area (TPSA) is 49.3 Å². The molecule has 0 spiro atoms. The van der Waals surface area contributed by atoms with E-state index in [2.05, 4.69) is 26.1 Å². The number of amides is 1. The molecule has 0 fully saturated rings. The molecular weight excluding hydrogens is 226 g/mol. The monoisotopic (exact) mass is 249 g/mol. The number of nitrogens with one attached hydrogen (secondary N) is 1. The molecule has 100 valence electrons. The molecular formula is C15H23NO2. The van der Waals surface area contributed by atoms with E-state index in [9.17, 15) is 9.90 Å². The molecule has 1 unspecified atom stereocenters. The molecule has 0 bridgehead atoms. The molecule has 1 rings (SSSR count). The van der Waals surface area contributed by atoms with Crippen molar-refractivity contribution in [3.8, 4) is 0 Å². The van der Waals surface area contributed by atoms with Crippen LogP contribution in [0.1, 0.15) is 43.1 Å². The van der Waals surface area contributed by atoms with E-state index >= 15 is 0 Å². The van der Waals surface area contributed by atoms with Crippen LogP contribution in [0.4, 0.5) is 0 Å². The summed E-state index contributed by atoms with van der Waals surface area (Å²) in [6.07, 6.45) is 0.167. The first kappa shape index (κ1) is 14.7. The van der Waals surface area contributed by atoms with Gasteiger partial charge in [-0.1, -0.05) is 38.5 Å². The molecule has 2 N–H and O–H groups in total. The second-order valence-corrected chi connectivity index (χ2v) is 6.00. The van der Waals surface area contributed by atoms with Gasteiger partial charge in [0.25, 0.3) is 5.91 Å². The van der Waals surface area contributed by atoms with Crippen LogP contribution in [0, 0.1) is 12.3 Å². The lowest BCUT2D eigenvalue weighted by Crippen LogP contribution is -2.34. The third-order valence-electron chi connectivity index (χ3n) is 2.63. The van der Waals surface area contributed by atoms with E-state index in [1.807, 2.05) is 25.1 Å². The standard InChI is InChI=1S/C15H23NO2/c1-11-6-5-7-12(8-11)14(18)16-10-13(17)9-15(2,3)4/h5-8,13,17H,9-10H2,1-4H3,(H,16,18). The molecule has 0 heterocycles. The fraction of sp³-hybridized carbons (Fsp3) is 0.533. The molecule has 0 radical (unpaired) electrons. The van der Waals surface area contributed by atoms with Crippen LogP contribution < -0.4 is 5.32 Å². The Hall–Kier alpha value is -1.35. The Bertz CT molecular complexity index is 407. The maximum atomic E-state index is 11.8.